The fraction of sp³-hybridized carbons (Fsp3) is 0.250. The third kappa shape index (κ3) is 4.75. The molecule has 188 valence electrons. The van der Waals surface area contributed by atoms with Crippen molar-refractivity contribution in [3.8, 4) is 22.9 Å². The Morgan fingerprint density at radius 1 is 0.917 bits per heavy atom. The molecule has 0 unspecified atom stereocenters. The zero-order valence-electron chi connectivity index (χ0n) is 21.3. The number of amides is 1. The number of hydrogen-bond donors (Lipinski definition) is 1. The molecule has 4 rings (SSSR count). The van der Waals surface area contributed by atoms with Crippen LogP contribution < -0.4 is 25.1 Å². The van der Waals surface area contributed by atoms with Gasteiger partial charge in [0.1, 0.15) is 5.82 Å². The van der Waals surface area contributed by atoms with E-state index < -0.39 is 0 Å². The fourth-order valence-electron chi connectivity index (χ4n) is 4.18. The molecule has 8 nitrogen and oxygen atoms in total. The first-order valence-corrected chi connectivity index (χ1v) is 11.5. The van der Waals surface area contributed by atoms with Gasteiger partial charge in [0.25, 0.3) is 5.56 Å². The first-order valence-electron chi connectivity index (χ1n) is 11.5. The van der Waals surface area contributed by atoms with E-state index in [4.69, 9.17) is 14.2 Å². The number of ether oxygens (including phenoxy) is 3. The Kier molecular flexibility index (Phi) is 6.96. The largest absolute Gasteiger partial charge is 0.493 e. The van der Waals surface area contributed by atoms with E-state index in [2.05, 4.69) is 10.3 Å². The minimum atomic E-state index is -0.205. The lowest BCUT2D eigenvalue weighted by molar-refractivity contribution is -0.115. The Labute approximate surface area is 210 Å². The maximum atomic E-state index is 13.3. The van der Waals surface area contributed by atoms with Crippen LogP contribution in [0, 0.1) is 20.8 Å². The molecule has 1 heterocycles. The summed E-state index contributed by atoms with van der Waals surface area (Å²) in [6.07, 6.45) is 0.115. The van der Waals surface area contributed by atoms with Gasteiger partial charge in [0.15, 0.2) is 11.5 Å². The van der Waals surface area contributed by atoms with Crippen molar-refractivity contribution in [2.24, 2.45) is 0 Å². The van der Waals surface area contributed by atoms with Gasteiger partial charge in [-0.05, 0) is 86.0 Å². The highest BCUT2D eigenvalue weighted by molar-refractivity contribution is 5.92. The minimum absolute atomic E-state index is 0. The topological polar surface area (TPSA) is 91.7 Å². The SMILES string of the molecule is COc1cc(CC(=O)Nc2ccc(-n3c(C)nc4cc(C)c(C)cc4c3=O)cc2)cc(OC)c1OC.[HH]. The summed E-state index contributed by atoms with van der Waals surface area (Å²) in [7, 11) is 4.59. The summed E-state index contributed by atoms with van der Waals surface area (Å²) in [4.78, 5) is 30.6. The predicted molar refractivity (Wildman–Crippen MR) is 142 cm³/mol. The molecule has 3 aromatic carbocycles. The van der Waals surface area contributed by atoms with Gasteiger partial charge in [0.2, 0.25) is 11.7 Å². The zero-order valence-corrected chi connectivity index (χ0v) is 21.3. The molecule has 36 heavy (non-hydrogen) atoms. The first-order chi connectivity index (χ1) is 17.2. The van der Waals surface area contributed by atoms with Crippen LogP contribution in [0.4, 0.5) is 5.69 Å². The van der Waals surface area contributed by atoms with Crippen LogP contribution >= 0.6 is 0 Å². The lowest BCUT2D eigenvalue weighted by Gasteiger charge is -2.14. The van der Waals surface area contributed by atoms with Crippen LogP contribution in [-0.4, -0.2) is 36.8 Å². The average molecular weight is 490 g/mol. The van der Waals surface area contributed by atoms with Crippen LogP contribution in [0.25, 0.3) is 16.6 Å². The van der Waals surface area contributed by atoms with Gasteiger partial charge >= 0.3 is 0 Å². The molecule has 1 amide bonds. The Bertz CT molecular complexity index is 1490. The van der Waals surface area contributed by atoms with Crippen LogP contribution in [0.1, 0.15) is 23.9 Å². The van der Waals surface area contributed by atoms with E-state index >= 15 is 0 Å². The molecule has 8 heteroatoms. The van der Waals surface area contributed by atoms with Gasteiger partial charge in [-0.15, -0.1) is 0 Å². The summed E-state index contributed by atoms with van der Waals surface area (Å²) in [5.74, 6) is 1.83. The Morgan fingerprint density at radius 2 is 1.53 bits per heavy atom. The number of rotatable bonds is 7. The van der Waals surface area contributed by atoms with E-state index in [1.165, 1.54) is 21.3 Å². The normalized spacial score (nSPS) is 10.8. The molecule has 0 atom stereocenters. The van der Waals surface area contributed by atoms with Crippen molar-refractivity contribution < 1.29 is 20.4 Å². The standard InChI is InChI=1S/C28H29N3O5.H2/c1-16-11-22-23(12-17(16)2)29-18(3)31(28(22)33)21-9-7-20(8-10-21)30-26(32)15-19-13-24(34-4)27(36-6)25(14-19)35-5;/h7-14H,15H2,1-6H3,(H,30,32);1H. The van der Waals surface area contributed by atoms with E-state index in [-0.39, 0.29) is 19.3 Å². The molecule has 0 aliphatic carbocycles. The van der Waals surface area contributed by atoms with E-state index in [9.17, 15) is 9.59 Å². The zero-order chi connectivity index (χ0) is 26.0. The van der Waals surface area contributed by atoms with Crippen molar-refractivity contribution in [3.05, 3.63) is 81.4 Å². The lowest BCUT2D eigenvalue weighted by Crippen LogP contribution is -2.22. The molecular weight excluding hydrogens is 458 g/mol. The summed E-state index contributed by atoms with van der Waals surface area (Å²) < 4.78 is 17.6. The summed E-state index contributed by atoms with van der Waals surface area (Å²) in [5.41, 5.74) is 4.70. The fourth-order valence-corrected chi connectivity index (χ4v) is 4.18. The van der Waals surface area contributed by atoms with E-state index in [0.717, 1.165) is 11.1 Å². The molecule has 4 aromatic rings. The van der Waals surface area contributed by atoms with Crippen LogP contribution in [0.5, 0.6) is 17.2 Å². The number of aryl methyl sites for hydroxylation is 3. The van der Waals surface area contributed by atoms with E-state index in [0.29, 0.717) is 50.9 Å². The molecule has 0 saturated carbocycles. The third-order valence-electron chi connectivity index (χ3n) is 6.15. The molecule has 0 fully saturated rings. The smallest absolute Gasteiger partial charge is 0.265 e. The van der Waals surface area contributed by atoms with Crippen LogP contribution in [0.15, 0.2) is 53.3 Å². The molecular formula is C28H31N3O5. The van der Waals surface area contributed by atoms with Gasteiger partial charge in [-0.1, -0.05) is 0 Å². The highest BCUT2D eigenvalue weighted by atomic mass is 16.5. The van der Waals surface area contributed by atoms with E-state index in [1.807, 2.05) is 32.9 Å². The molecule has 0 aliphatic heterocycles. The summed E-state index contributed by atoms with van der Waals surface area (Å²) >= 11 is 0. The number of fused-ring (bicyclic) bond motifs is 1. The number of methoxy groups -OCH3 is 3. The second-order valence-electron chi connectivity index (χ2n) is 8.56. The van der Waals surface area contributed by atoms with Crippen LogP contribution in [-0.2, 0) is 11.2 Å². The number of aromatic nitrogens is 2. The number of hydrogen-bond acceptors (Lipinski definition) is 6. The van der Waals surface area contributed by atoms with Crippen LogP contribution in [0.2, 0.25) is 0 Å². The maximum absolute atomic E-state index is 13.3. The second kappa shape index (κ2) is 10.1. The molecule has 0 spiro atoms. The predicted octanol–water partition coefficient (Wildman–Crippen LogP) is 4.76. The molecule has 0 saturated heterocycles. The number of carbonyl (C=O) groups excluding carboxylic acids is 1. The van der Waals surface area contributed by atoms with Gasteiger partial charge in [-0.2, -0.15) is 0 Å². The van der Waals surface area contributed by atoms with Crippen molar-refractivity contribution in [2.75, 3.05) is 26.6 Å². The van der Waals surface area contributed by atoms with Gasteiger partial charge in [0, 0.05) is 7.11 Å². The van der Waals surface area contributed by atoms with Crippen molar-refractivity contribution >= 4 is 22.5 Å². The van der Waals surface area contributed by atoms with Crippen molar-refractivity contribution in [1.82, 2.24) is 9.55 Å². The lowest BCUT2D eigenvalue weighted by atomic mass is 10.1. The third-order valence-corrected chi connectivity index (χ3v) is 6.15. The summed E-state index contributed by atoms with van der Waals surface area (Å²) in [6, 6.07) is 14.4. The van der Waals surface area contributed by atoms with Crippen molar-refractivity contribution in [3.63, 3.8) is 0 Å². The number of anilines is 1. The van der Waals surface area contributed by atoms with E-state index in [1.54, 1.807) is 41.0 Å². The molecule has 1 aromatic heterocycles. The number of benzene rings is 3. The molecule has 1 N–H and O–H groups in total. The highest BCUT2D eigenvalue weighted by Crippen LogP contribution is 2.38. The number of carbonyl (C=O) groups is 1. The Morgan fingerprint density at radius 3 is 2.11 bits per heavy atom. The van der Waals surface area contributed by atoms with Gasteiger partial charge in [0.05, 0.1) is 44.3 Å². The number of nitrogens with one attached hydrogen (secondary N) is 1. The maximum Gasteiger partial charge on any atom is 0.265 e. The summed E-state index contributed by atoms with van der Waals surface area (Å²) in [5, 5.41) is 3.47. The quantitative estimate of drug-likeness (QED) is 0.402. The summed E-state index contributed by atoms with van der Waals surface area (Å²) in [6.45, 7) is 5.79. The minimum Gasteiger partial charge on any atom is -0.493 e. The van der Waals surface area contributed by atoms with Crippen molar-refractivity contribution in [2.45, 2.75) is 27.2 Å². The van der Waals surface area contributed by atoms with Crippen LogP contribution in [0.3, 0.4) is 0 Å². The Hall–Kier alpha value is -4.33. The molecule has 0 radical (unpaired) electrons. The average Bonchev–Trinajstić information content (AvgIpc) is 2.85. The van der Waals surface area contributed by atoms with Gasteiger partial charge in [-0.25, -0.2) is 4.98 Å². The molecule has 0 aliphatic rings. The Balaban J connectivity index is 0.00000380. The highest BCUT2D eigenvalue weighted by Gasteiger charge is 2.16. The molecule has 0 bridgehead atoms. The van der Waals surface area contributed by atoms with Gasteiger partial charge in [-0.3, -0.25) is 14.2 Å². The number of nitrogens with zero attached hydrogens (tertiary/aromatic N) is 2. The van der Waals surface area contributed by atoms with Crippen molar-refractivity contribution in [1.29, 1.82) is 0 Å². The monoisotopic (exact) mass is 489 g/mol. The van der Waals surface area contributed by atoms with Gasteiger partial charge < -0.3 is 19.5 Å². The second-order valence-corrected chi connectivity index (χ2v) is 8.56. The first kappa shape index (κ1) is 24.8.